The minimum Gasteiger partial charge on any atom is -0.381 e. The Morgan fingerprint density at radius 1 is 1.31 bits per heavy atom. The summed E-state index contributed by atoms with van der Waals surface area (Å²) >= 11 is 1.29. The van der Waals surface area contributed by atoms with Crippen LogP contribution >= 0.6 is 11.3 Å². The van der Waals surface area contributed by atoms with E-state index in [0.717, 1.165) is 23.2 Å². The predicted molar refractivity (Wildman–Crippen MR) is 160 cm³/mol. The molecule has 216 valence electrons. The van der Waals surface area contributed by atoms with Crippen molar-refractivity contribution in [1.29, 1.82) is 5.26 Å². The maximum Gasteiger partial charge on any atom is 0.228 e. The molecule has 0 radical (unpaired) electrons. The number of amides is 1. The number of aromatic nitrogens is 3. The summed E-state index contributed by atoms with van der Waals surface area (Å²) in [5.74, 6) is -0.493. The number of pyridine rings is 1. The zero-order valence-corrected chi connectivity index (χ0v) is 24.7. The highest BCUT2D eigenvalue weighted by Gasteiger charge is 2.54. The summed E-state index contributed by atoms with van der Waals surface area (Å²) < 4.78 is 31.0. The molecule has 3 saturated heterocycles. The van der Waals surface area contributed by atoms with Gasteiger partial charge in [-0.25, -0.2) is 13.9 Å². The van der Waals surface area contributed by atoms with E-state index in [9.17, 15) is 10.1 Å². The minimum atomic E-state index is -0.611. The van der Waals surface area contributed by atoms with E-state index < -0.39 is 5.82 Å². The Kier molecular flexibility index (Phi) is 6.16. The first-order chi connectivity index (χ1) is 20.7. The minimum absolute atomic E-state index is 0.0364. The first kappa shape index (κ1) is 25.7. The molecule has 0 saturated carbocycles. The van der Waals surface area contributed by atoms with Crippen LogP contribution in [0.5, 0.6) is 0 Å². The highest BCUT2D eigenvalue weighted by Crippen LogP contribution is 2.45. The van der Waals surface area contributed by atoms with Gasteiger partial charge >= 0.3 is 0 Å². The van der Waals surface area contributed by atoms with Crippen molar-refractivity contribution in [3.05, 3.63) is 58.5 Å². The number of benzene rings is 1. The van der Waals surface area contributed by atoms with Crippen molar-refractivity contribution >= 4 is 39.3 Å². The third-order valence-electron chi connectivity index (χ3n) is 8.70. The molecule has 1 atom stereocenters. The van der Waals surface area contributed by atoms with E-state index in [4.69, 9.17) is 11.1 Å². The number of thiazole rings is 1. The fourth-order valence-electron chi connectivity index (χ4n) is 6.43. The van der Waals surface area contributed by atoms with Crippen molar-refractivity contribution in [1.82, 2.24) is 19.5 Å². The number of fused-ring (bicyclic) bond motifs is 1. The van der Waals surface area contributed by atoms with Gasteiger partial charge in [-0.2, -0.15) is 10.4 Å². The molecule has 0 aliphatic carbocycles. The first-order valence-electron chi connectivity index (χ1n) is 14.8. The van der Waals surface area contributed by atoms with Gasteiger partial charge in [-0.05, 0) is 25.8 Å². The van der Waals surface area contributed by atoms with E-state index in [1.165, 1.54) is 15.9 Å². The number of rotatable bonds is 6. The van der Waals surface area contributed by atoms with E-state index in [0.29, 0.717) is 78.4 Å². The number of nitriles is 1. The Bertz CT molecular complexity index is 1780. The molecule has 7 rings (SSSR count). The molecule has 4 aromatic rings. The number of anilines is 3. The van der Waals surface area contributed by atoms with E-state index >= 15 is 4.39 Å². The normalized spacial score (nSPS) is 19.5. The molecule has 3 aromatic heterocycles. The van der Waals surface area contributed by atoms with Crippen LogP contribution in [-0.2, 0) is 16.0 Å². The fourth-order valence-corrected chi connectivity index (χ4v) is 7.29. The highest BCUT2D eigenvalue weighted by atomic mass is 32.1. The summed E-state index contributed by atoms with van der Waals surface area (Å²) in [6, 6.07) is 12.0. The van der Waals surface area contributed by atoms with Crippen LogP contribution in [0.2, 0.25) is 0 Å². The molecular weight excluding hydrogens is 553 g/mol. The number of ether oxygens (including phenoxy) is 1. The van der Waals surface area contributed by atoms with Gasteiger partial charge in [0.1, 0.15) is 16.6 Å². The Morgan fingerprint density at radius 3 is 2.74 bits per heavy atom. The van der Waals surface area contributed by atoms with E-state index in [2.05, 4.69) is 11.2 Å². The number of nitrogens with zero attached hydrogens (tertiary/aromatic N) is 7. The summed E-state index contributed by atoms with van der Waals surface area (Å²) in [6.07, 6.45) is 1.05. The lowest BCUT2D eigenvalue weighted by molar-refractivity contribution is -0.149. The monoisotopic (exact) mass is 586 g/mol. The molecule has 3 aliphatic rings. The zero-order chi connectivity index (χ0) is 30.0. The van der Waals surface area contributed by atoms with Gasteiger partial charge in [0, 0.05) is 50.8 Å². The summed E-state index contributed by atoms with van der Waals surface area (Å²) in [6.45, 7) is 7.73. The number of carbonyl (C=O) groups excluding carboxylic acids is 1. The predicted octanol–water partition coefficient (Wildman–Crippen LogP) is 4.79. The van der Waals surface area contributed by atoms with Gasteiger partial charge in [-0.1, -0.05) is 48.1 Å². The Labute approximate surface area is 249 Å². The Balaban J connectivity index is 1.18. The topological polar surface area (TPSA) is 90.0 Å². The SMILES string of the molecule is [2H]c1c(F)c(N2CC3(CN(C(=O)[C@H]4CCOC4)C3)C2)cc2c(N(C)c3nc(-c4ccc(C)cc4)c(C#N)s3)c(CC)nn12. The number of carbonyl (C=O) groups is 1. The molecule has 6 heterocycles. The van der Waals surface area contributed by atoms with Crippen molar-refractivity contribution in [3.8, 4) is 17.3 Å². The van der Waals surface area contributed by atoms with Crippen LogP contribution < -0.4 is 9.80 Å². The van der Waals surface area contributed by atoms with Gasteiger partial charge in [-0.3, -0.25) is 4.79 Å². The van der Waals surface area contributed by atoms with E-state index in [1.54, 1.807) is 6.07 Å². The number of aryl methyl sites for hydroxylation is 2. The van der Waals surface area contributed by atoms with Crippen LogP contribution in [-0.4, -0.2) is 71.8 Å². The van der Waals surface area contributed by atoms with Crippen LogP contribution in [0.15, 0.2) is 36.5 Å². The van der Waals surface area contributed by atoms with Crippen LogP contribution in [0, 0.1) is 35.4 Å². The van der Waals surface area contributed by atoms with E-state index in [-0.39, 0.29) is 23.4 Å². The van der Waals surface area contributed by atoms with Crippen molar-refractivity contribution < 1.29 is 15.3 Å². The number of hydrogen-bond acceptors (Lipinski definition) is 8. The summed E-state index contributed by atoms with van der Waals surface area (Å²) in [4.78, 5) is 23.9. The molecule has 9 nitrogen and oxygen atoms in total. The Hall–Kier alpha value is -4.01. The van der Waals surface area contributed by atoms with Crippen LogP contribution in [0.3, 0.4) is 0 Å². The fraction of sp³-hybridized carbons (Fsp3) is 0.419. The van der Waals surface area contributed by atoms with Crippen molar-refractivity contribution in [2.24, 2.45) is 11.3 Å². The summed E-state index contributed by atoms with van der Waals surface area (Å²) in [5.41, 5.74) is 5.00. The van der Waals surface area contributed by atoms with Crippen molar-refractivity contribution in [2.75, 3.05) is 56.2 Å². The average Bonchev–Trinajstić information content (AvgIpc) is 3.72. The maximum absolute atomic E-state index is 15.6. The van der Waals surface area contributed by atoms with Gasteiger partial charge in [0.25, 0.3) is 0 Å². The third kappa shape index (κ3) is 4.32. The van der Waals surface area contributed by atoms with Crippen molar-refractivity contribution in [3.63, 3.8) is 0 Å². The molecule has 3 fully saturated rings. The van der Waals surface area contributed by atoms with Gasteiger partial charge in [-0.15, -0.1) is 0 Å². The van der Waals surface area contributed by atoms with Crippen LogP contribution in [0.1, 0.15) is 30.8 Å². The number of likely N-dealkylation sites (tertiary alicyclic amines) is 1. The molecular formula is C31H32FN7O2S. The quantitative estimate of drug-likeness (QED) is 0.321. The lowest BCUT2D eigenvalue weighted by Gasteiger charge is -2.61. The summed E-state index contributed by atoms with van der Waals surface area (Å²) in [7, 11) is 1.87. The molecule has 1 spiro atoms. The lowest BCUT2D eigenvalue weighted by Crippen LogP contribution is -2.73. The van der Waals surface area contributed by atoms with E-state index in [1.807, 2.05) is 59.9 Å². The second-order valence-electron chi connectivity index (χ2n) is 11.7. The standard InChI is InChI=1S/C31H32FN7O2S/c1-4-23-28(36(3)30-34-27(26(12-33)42-30)20-7-5-19(2)6-8-20)25-11-24(22(32)13-39(25)35-23)37-15-31(16-37)17-38(18-31)29(40)21-9-10-41-14-21/h5-8,11,13,21H,4,9-10,14-18H2,1-3H3/t21-/m0/s1/i13D. The lowest BCUT2D eigenvalue weighted by atomic mass is 9.72. The van der Waals surface area contributed by atoms with Gasteiger partial charge in [0.15, 0.2) is 10.9 Å². The summed E-state index contributed by atoms with van der Waals surface area (Å²) in [5, 5.41) is 15.1. The van der Waals surface area contributed by atoms with Crippen molar-refractivity contribution in [2.45, 2.75) is 26.7 Å². The Morgan fingerprint density at radius 2 is 2.07 bits per heavy atom. The molecule has 11 heteroatoms. The number of halogens is 1. The first-order valence-corrected chi connectivity index (χ1v) is 15.1. The molecule has 1 amide bonds. The van der Waals surface area contributed by atoms with Gasteiger partial charge in [0.2, 0.25) is 5.91 Å². The smallest absolute Gasteiger partial charge is 0.228 e. The molecule has 1 aromatic carbocycles. The average molecular weight is 587 g/mol. The largest absolute Gasteiger partial charge is 0.381 e. The van der Waals surface area contributed by atoms with Gasteiger partial charge in [0.05, 0.1) is 42.7 Å². The molecule has 0 unspecified atom stereocenters. The zero-order valence-electron chi connectivity index (χ0n) is 24.9. The second-order valence-corrected chi connectivity index (χ2v) is 12.7. The second kappa shape index (κ2) is 10.1. The molecule has 0 bridgehead atoms. The third-order valence-corrected chi connectivity index (χ3v) is 9.74. The highest BCUT2D eigenvalue weighted by molar-refractivity contribution is 7.16. The maximum atomic E-state index is 15.6. The number of hydrogen-bond donors (Lipinski definition) is 0. The molecule has 0 N–H and O–H groups in total. The van der Waals surface area contributed by atoms with Gasteiger partial charge < -0.3 is 19.4 Å². The van der Waals surface area contributed by atoms with Crippen LogP contribution in [0.25, 0.3) is 16.8 Å². The molecule has 3 aliphatic heterocycles. The van der Waals surface area contributed by atoms with Crippen LogP contribution in [0.4, 0.5) is 20.9 Å². The molecule has 42 heavy (non-hydrogen) atoms.